The van der Waals surface area contributed by atoms with E-state index >= 15 is 0 Å². The van der Waals surface area contributed by atoms with E-state index in [0.29, 0.717) is 6.54 Å². The van der Waals surface area contributed by atoms with Crippen molar-refractivity contribution in [2.45, 2.75) is 31.8 Å². The molecule has 1 aliphatic rings. The van der Waals surface area contributed by atoms with E-state index in [9.17, 15) is 5.11 Å². The van der Waals surface area contributed by atoms with Crippen LogP contribution in [0.25, 0.3) is 0 Å². The first-order valence-corrected chi connectivity index (χ1v) is 6.87. The quantitative estimate of drug-likeness (QED) is 0.787. The summed E-state index contributed by atoms with van der Waals surface area (Å²) in [4.78, 5) is 2.25. The van der Waals surface area contributed by atoms with Gasteiger partial charge in [-0.2, -0.15) is 0 Å². The Kier molecular flexibility index (Phi) is 4.61. The lowest BCUT2D eigenvalue weighted by molar-refractivity contribution is 0.118. The fourth-order valence-electron chi connectivity index (χ4n) is 2.83. The Balaban J connectivity index is 1.82. The third-order valence-corrected chi connectivity index (χ3v) is 3.85. The van der Waals surface area contributed by atoms with E-state index in [1.807, 2.05) is 24.3 Å². The van der Waals surface area contributed by atoms with E-state index in [2.05, 4.69) is 11.9 Å². The second-order valence-corrected chi connectivity index (χ2v) is 5.55. The van der Waals surface area contributed by atoms with E-state index in [-0.39, 0.29) is 0 Å². The summed E-state index contributed by atoms with van der Waals surface area (Å²) >= 11 is 0. The summed E-state index contributed by atoms with van der Waals surface area (Å²) in [6.45, 7) is 1.80. The first-order valence-electron chi connectivity index (χ1n) is 6.87. The van der Waals surface area contributed by atoms with Gasteiger partial charge in [-0.3, -0.25) is 0 Å². The highest BCUT2D eigenvalue weighted by Crippen LogP contribution is 2.25. The number of hydrogen-bond acceptors (Lipinski definition) is 3. The number of nitrogen functional groups attached to an aromatic ring is 1. The van der Waals surface area contributed by atoms with Gasteiger partial charge in [-0.1, -0.05) is 25.0 Å². The van der Waals surface area contributed by atoms with E-state index in [0.717, 1.165) is 23.7 Å². The minimum absolute atomic E-state index is 0.419. The Bertz CT molecular complexity index is 357. The molecule has 1 saturated carbocycles. The predicted octanol–water partition coefficient (Wildman–Crippen LogP) is 2.42. The summed E-state index contributed by atoms with van der Waals surface area (Å²) < 4.78 is 0. The molecule has 0 saturated heterocycles. The average molecular weight is 248 g/mol. The van der Waals surface area contributed by atoms with Gasteiger partial charge < -0.3 is 15.7 Å². The van der Waals surface area contributed by atoms with Crippen LogP contribution in [0, 0.1) is 5.92 Å². The lowest BCUT2D eigenvalue weighted by Crippen LogP contribution is -2.29. The van der Waals surface area contributed by atoms with Gasteiger partial charge in [0.25, 0.3) is 0 Å². The summed E-state index contributed by atoms with van der Waals surface area (Å²) in [7, 11) is 2.10. The molecule has 100 valence electrons. The highest BCUT2D eigenvalue weighted by atomic mass is 16.3. The summed E-state index contributed by atoms with van der Waals surface area (Å²) in [5.41, 5.74) is 7.33. The molecule has 3 heteroatoms. The van der Waals surface area contributed by atoms with Crippen LogP contribution in [0.2, 0.25) is 0 Å². The van der Waals surface area contributed by atoms with Gasteiger partial charge in [0, 0.05) is 18.8 Å². The molecule has 1 aromatic carbocycles. The first-order chi connectivity index (χ1) is 8.65. The molecule has 2 rings (SSSR count). The van der Waals surface area contributed by atoms with Crippen LogP contribution in [0.4, 0.5) is 5.69 Å². The SMILES string of the molecule is CN(CC1CCCC1)CC(O)c1ccc(N)cc1. The van der Waals surface area contributed by atoms with Crippen LogP contribution in [0.3, 0.4) is 0 Å². The van der Waals surface area contributed by atoms with Gasteiger partial charge in [-0.15, -0.1) is 0 Å². The van der Waals surface area contributed by atoms with Crippen molar-refractivity contribution in [3.05, 3.63) is 29.8 Å². The molecule has 0 aromatic heterocycles. The van der Waals surface area contributed by atoms with Gasteiger partial charge in [0.2, 0.25) is 0 Å². The van der Waals surface area contributed by atoms with E-state index < -0.39 is 6.10 Å². The number of hydrogen-bond donors (Lipinski definition) is 2. The number of benzene rings is 1. The second kappa shape index (κ2) is 6.21. The number of aliphatic hydroxyl groups is 1. The number of likely N-dealkylation sites (N-methyl/N-ethyl adjacent to an activating group) is 1. The maximum absolute atomic E-state index is 10.2. The van der Waals surface area contributed by atoms with Crippen LogP contribution in [-0.4, -0.2) is 30.1 Å². The van der Waals surface area contributed by atoms with Gasteiger partial charge in [-0.05, 0) is 43.5 Å². The normalized spacial score (nSPS) is 18.4. The van der Waals surface area contributed by atoms with Crippen LogP contribution in [0.1, 0.15) is 37.4 Å². The molecule has 0 aliphatic heterocycles. The summed E-state index contributed by atoms with van der Waals surface area (Å²) in [6.07, 6.45) is 5.03. The molecule has 3 N–H and O–H groups in total. The monoisotopic (exact) mass is 248 g/mol. The number of rotatable bonds is 5. The highest BCUT2D eigenvalue weighted by molar-refractivity contribution is 5.39. The number of nitrogens with zero attached hydrogens (tertiary/aromatic N) is 1. The Morgan fingerprint density at radius 3 is 2.50 bits per heavy atom. The molecule has 18 heavy (non-hydrogen) atoms. The van der Waals surface area contributed by atoms with E-state index in [4.69, 9.17) is 5.73 Å². The van der Waals surface area contributed by atoms with Crippen LogP contribution in [-0.2, 0) is 0 Å². The Hall–Kier alpha value is -1.06. The fourth-order valence-corrected chi connectivity index (χ4v) is 2.83. The highest BCUT2D eigenvalue weighted by Gasteiger charge is 2.18. The van der Waals surface area contributed by atoms with Crippen molar-refractivity contribution in [1.82, 2.24) is 4.90 Å². The zero-order valence-electron chi connectivity index (χ0n) is 11.2. The molecular weight excluding hydrogens is 224 g/mol. The predicted molar refractivity (Wildman–Crippen MR) is 75.3 cm³/mol. The number of aliphatic hydroxyl groups excluding tert-OH is 1. The molecule has 1 aromatic rings. The fraction of sp³-hybridized carbons (Fsp3) is 0.600. The van der Waals surface area contributed by atoms with Crippen molar-refractivity contribution >= 4 is 5.69 Å². The molecule has 1 fully saturated rings. The lowest BCUT2D eigenvalue weighted by Gasteiger charge is -2.23. The van der Waals surface area contributed by atoms with Crippen LogP contribution >= 0.6 is 0 Å². The molecule has 0 bridgehead atoms. The van der Waals surface area contributed by atoms with Crippen molar-refractivity contribution in [2.75, 3.05) is 25.9 Å². The molecule has 0 radical (unpaired) electrons. The average Bonchev–Trinajstić information content (AvgIpc) is 2.82. The molecule has 0 amide bonds. The third-order valence-electron chi connectivity index (χ3n) is 3.85. The molecule has 1 atom stereocenters. The van der Waals surface area contributed by atoms with E-state index in [1.165, 1.54) is 25.7 Å². The van der Waals surface area contributed by atoms with Gasteiger partial charge in [0.05, 0.1) is 6.10 Å². The van der Waals surface area contributed by atoms with Gasteiger partial charge in [0.1, 0.15) is 0 Å². The molecule has 1 aliphatic carbocycles. The van der Waals surface area contributed by atoms with Crippen molar-refractivity contribution in [3.8, 4) is 0 Å². The maximum Gasteiger partial charge on any atom is 0.0916 e. The van der Waals surface area contributed by atoms with Crippen molar-refractivity contribution < 1.29 is 5.11 Å². The third kappa shape index (κ3) is 3.72. The lowest BCUT2D eigenvalue weighted by atomic mass is 10.1. The second-order valence-electron chi connectivity index (χ2n) is 5.55. The minimum Gasteiger partial charge on any atom is -0.399 e. The Morgan fingerprint density at radius 1 is 1.28 bits per heavy atom. The molecular formula is C15H24N2O. The first kappa shape index (κ1) is 13.4. The van der Waals surface area contributed by atoms with Crippen molar-refractivity contribution in [2.24, 2.45) is 5.92 Å². The topological polar surface area (TPSA) is 49.5 Å². The number of anilines is 1. The summed E-state index contributed by atoms with van der Waals surface area (Å²) in [6, 6.07) is 7.50. The zero-order chi connectivity index (χ0) is 13.0. The Morgan fingerprint density at radius 2 is 1.89 bits per heavy atom. The van der Waals surface area contributed by atoms with Crippen molar-refractivity contribution in [3.63, 3.8) is 0 Å². The van der Waals surface area contributed by atoms with Crippen LogP contribution in [0.15, 0.2) is 24.3 Å². The zero-order valence-corrected chi connectivity index (χ0v) is 11.2. The molecule has 3 nitrogen and oxygen atoms in total. The van der Waals surface area contributed by atoms with E-state index in [1.54, 1.807) is 0 Å². The minimum atomic E-state index is -0.419. The molecule has 1 unspecified atom stereocenters. The van der Waals surface area contributed by atoms with Crippen LogP contribution < -0.4 is 5.73 Å². The van der Waals surface area contributed by atoms with Gasteiger partial charge in [0.15, 0.2) is 0 Å². The standard InChI is InChI=1S/C15H24N2O/c1-17(10-12-4-2-3-5-12)11-15(18)13-6-8-14(16)9-7-13/h6-9,12,15,18H,2-5,10-11,16H2,1H3. The maximum atomic E-state index is 10.2. The smallest absolute Gasteiger partial charge is 0.0916 e. The summed E-state index contributed by atoms with van der Waals surface area (Å²) in [5.74, 6) is 0.827. The number of nitrogens with two attached hydrogens (primary N) is 1. The molecule has 0 spiro atoms. The van der Waals surface area contributed by atoms with Crippen molar-refractivity contribution in [1.29, 1.82) is 0 Å². The summed E-state index contributed by atoms with van der Waals surface area (Å²) in [5, 5.41) is 10.2. The molecule has 0 heterocycles. The van der Waals surface area contributed by atoms with Crippen LogP contribution in [0.5, 0.6) is 0 Å². The Labute approximate surface area is 110 Å². The largest absolute Gasteiger partial charge is 0.399 e. The van der Waals surface area contributed by atoms with Gasteiger partial charge >= 0.3 is 0 Å². The van der Waals surface area contributed by atoms with Gasteiger partial charge in [-0.25, -0.2) is 0 Å².